The smallest absolute Gasteiger partial charge is 0.247 e. The molecule has 2 atom stereocenters. The van der Waals surface area contributed by atoms with Crippen LogP contribution < -0.4 is 5.32 Å². The molecule has 0 aliphatic carbocycles. The molecule has 1 aromatic heterocycles. The molecule has 1 N–H and O–H groups in total. The molecule has 2 rings (SSSR count). The number of rotatable bonds is 6. The topological polar surface area (TPSA) is 49.4 Å². The Kier molecular flexibility index (Phi) is 5.35. The fraction of sp³-hybridized carbons (Fsp3) is 0.571. The molecule has 110 valence electrons. The molecular formula is C14H19BrN2O2S. The molecule has 2 amide bonds. The molecule has 1 aromatic rings. The molecule has 0 spiro atoms. The molecule has 4 nitrogen and oxygen atoms in total. The Morgan fingerprint density at radius 3 is 2.85 bits per heavy atom. The van der Waals surface area contributed by atoms with Crippen LogP contribution in [0.3, 0.4) is 0 Å². The number of amides is 2. The zero-order valence-electron chi connectivity index (χ0n) is 11.7. The first-order valence-corrected chi connectivity index (χ1v) is 8.47. The molecule has 2 unspecified atom stereocenters. The molecule has 1 saturated heterocycles. The standard InChI is InChI=1S/C14H19BrN2O2S/c1-3-9(2)17-13(18)8-11(14(17)19)16-7-6-10-4-5-12(15)20-10/h4-5,9,11,16H,3,6-8H2,1-2H3. The van der Waals surface area contributed by atoms with Crippen LogP contribution in [0.2, 0.25) is 0 Å². The molecule has 1 aliphatic rings. The summed E-state index contributed by atoms with van der Waals surface area (Å²) in [6.45, 7) is 4.62. The van der Waals surface area contributed by atoms with E-state index in [0.717, 1.165) is 16.6 Å². The van der Waals surface area contributed by atoms with Gasteiger partial charge in [-0.15, -0.1) is 11.3 Å². The van der Waals surface area contributed by atoms with E-state index in [4.69, 9.17) is 0 Å². The van der Waals surface area contributed by atoms with Crippen molar-refractivity contribution in [1.29, 1.82) is 0 Å². The van der Waals surface area contributed by atoms with Crippen LogP contribution in [0.4, 0.5) is 0 Å². The maximum absolute atomic E-state index is 12.2. The van der Waals surface area contributed by atoms with Crippen molar-refractivity contribution >= 4 is 39.1 Å². The number of hydrogen-bond acceptors (Lipinski definition) is 4. The Hall–Kier alpha value is -0.720. The molecule has 20 heavy (non-hydrogen) atoms. The van der Waals surface area contributed by atoms with Crippen molar-refractivity contribution in [3.8, 4) is 0 Å². The number of hydrogen-bond donors (Lipinski definition) is 1. The number of likely N-dealkylation sites (tertiary alicyclic amines) is 1. The van der Waals surface area contributed by atoms with Gasteiger partial charge in [0.25, 0.3) is 0 Å². The molecule has 2 heterocycles. The lowest BCUT2D eigenvalue weighted by atomic mass is 10.2. The lowest BCUT2D eigenvalue weighted by Crippen LogP contribution is -2.43. The zero-order chi connectivity index (χ0) is 14.7. The van der Waals surface area contributed by atoms with Crippen LogP contribution in [0.5, 0.6) is 0 Å². The Labute approximate surface area is 131 Å². The highest BCUT2D eigenvalue weighted by Crippen LogP contribution is 2.22. The number of imide groups is 1. The highest BCUT2D eigenvalue weighted by molar-refractivity contribution is 9.11. The normalized spacial score (nSPS) is 20.8. The summed E-state index contributed by atoms with van der Waals surface area (Å²) < 4.78 is 1.11. The third-order valence-corrected chi connectivity index (χ3v) is 5.29. The molecular weight excluding hydrogens is 340 g/mol. The van der Waals surface area contributed by atoms with Gasteiger partial charge in [-0.25, -0.2) is 0 Å². The summed E-state index contributed by atoms with van der Waals surface area (Å²) in [5.74, 6) is -0.127. The van der Waals surface area contributed by atoms with Gasteiger partial charge in [0.05, 0.1) is 16.2 Å². The number of nitrogens with zero attached hydrogens (tertiary/aromatic N) is 1. The van der Waals surface area contributed by atoms with Crippen molar-refractivity contribution in [3.63, 3.8) is 0 Å². The summed E-state index contributed by atoms with van der Waals surface area (Å²) in [5, 5.41) is 3.21. The second-order valence-corrected chi connectivity index (χ2v) is 7.57. The SMILES string of the molecule is CCC(C)N1C(=O)CC(NCCc2ccc(Br)s2)C1=O. The third kappa shape index (κ3) is 3.48. The lowest BCUT2D eigenvalue weighted by Gasteiger charge is -2.21. The number of carbonyl (C=O) groups is 2. The van der Waals surface area contributed by atoms with Crippen LogP contribution in [-0.4, -0.2) is 35.3 Å². The first-order chi connectivity index (χ1) is 9.52. The van der Waals surface area contributed by atoms with E-state index in [1.807, 2.05) is 19.9 Å². The average molecular weight is 359 g/mol. The van der Waals surface area contributed by atoms with E-state index in [1.165, 1.54) is 9.78 Å². The van der Waals surface area contributed by atoms with Crippen molar-refractivity contribution in [2.75, 3.05) is 6.54 Å². The largest absolute Gasteiger partial charge is 0.305 e. The van der Waals surface area contributed by atoms with Gasteiger partial charge in [-0.2, -0.15) is 0 Å². The monoisotopic (exact) mass is 358 g/mol. The van der Waals surface area contributed by atoms with E-state index in [0.29, 0.717) is 6.54 Å². The predicted molar refractivity (Wildman–Crippen MR) is 83.7 cm³/mol. The quantitative estimate of drug-likeness (QED) is 0.795. The van der Waals surface area contributed by atoms with Crippen LogP contribution in [0.25, 0.3) is 0 Å². The summed E-state index contributed by atoms with van der Waals surface area (Å²) >= 11 is 5.13. The Balaban J connectivity index is 1.85. The summed E-state index contributed by atoms with van der Waals surface area (Å²) in [5.41, 5.74) is 0. The molecule has 0 saturated carbocycles. The number of carbonyl (C=O) groups excluding carboxylic acids is 2. The van der Waals surface area contributed by atoms with Crippen molar-refractivity contribution in [1.82, 2.24) is 10.2 Å². The minimum Gasteiger partial charge on any atom is -0.305 e. The maximum atomic E-state index is 12.2. The lowest BCUT2D eigenvalue weighted by molar-refractivity contribution is -0.141. The van der Waals surface area contributed by atoms with Crippen LogP contribution >= 0.6 is 27.3 Å². The summed E-state index contributed by atoms with van der Waals surface area (Å²) in [4.78, 5) is 26.8. The maximum Gasteiger partial charge on any atom is 0.247 e. The van der Waals surface area contributed by atoms with Crippen LogP contribution in [0.1, 0.15) is 31.6 Å². The zero-order valence-corrected chi connectivity index (χ0v) is 14.1. The van der Waals surface area contributed by atoms with Gasteiger partial charge in [-0.1, -0.05) is 6.92 Å². The molecule has 6 heteroatoms. The molecule has 1 fully saturated rings. The van der Waals surface area contributed by atoms with Crippen LogP contribution in [0, 0.1) is 0 Å². The van der Waals surface area contributed by atoms with Gasteiger partial charge in [0, 0.05) is 17.5 Å². The summed E-state index contributed by atoms with van der Waals surface area (Å²) in [6.07, 6.45) is 1.96. The Bertz CT molecular complexity index is 503. The van der Waals surface area contributed by atoms with Gasteiger partial charge in [0.1, 0.15) is 0 Å². The van der Waals surface area contributed by atoms with Crippen molar-refractivity contribution in [2.45, 2.75) is 45.2 Å². The van der Waals surface area contributed by atoms with E-state index in [-0.39, 0.29) is 30.3 Å². The minimum atomic E-state index is -0.347. The molecule has 0 aromatic carbocycles. The predicted octanol–water partition coefficient (Wildman–Crippen LogP) is 2.57. The number of halogens is 1. The average Bonchev–Trinajstić information content (AvgIpc) is 2.94. The van der Waals surface area contributed by atoms with Crippen molar-refractivity contribution < 1.29 is 9.59 Å². The number of nitrogens with one attached hydrogen (secondary N) is 1. The highest BCUT2D eigenvalue weighted by atomic mass is 79.9. The van der Waals surface area contributed by atoms with Gasteiger partial charge in [0.2, 0.25) is 11.8 Å². The van der Waals surface area contributed by atoms with Gasteiger partial charge < -0.3 is 5.32 Å². The van der Waals surface area contributed by atoms with Gasteiger partial charge >= 0.3 is 0 Å². The van der Waals surface area contributed by atoms with Crippen LogP contribution in [0.15, 0.2) is 15.9 Å². The molecule has 0 radical (unpaired) electrons. The van der Waals surface area contributed by atoms with E-state index in [1.54, 1.807) is 11.3 Å². The summed E-state index contributed by atoms with van der Waals surface area (Å²) in [7, 11) is 0. The molecule has 1 aliphatic heterocycles. The van der Waals surface area contributed by atoms with Crippen LogP contribution in [-0.2, 0) is 16.0 Å². The fourth-order valence-corrected chi connectivity index (χ4v) is 3.79. The minimum absolute atomic E-state index is 0.00458. The summed E-state index contributed by atoms with van der Waals surface area (Å²) in [6, 6.07) is 3.74. The van der Waals surface area contributed by atoms with Crippen molar-refractivity contribution in [3.05, 3.63) is 20.8 Å². The second-order valence-electron chi connectivity index (χ2n) is 5.03. The van der Waals surface area contributed by atoms with E-state index in [2.05, 4.69) is 27.3 Å². The Morgan fingerprint density at radius 1 is 1.50 bits per heavy atom. The molecule has 0 bridgehead atoms. The van der Waals surface area contributed by atoms with Gasteiger partial charge in [-0.3, -0.25) is 14.5 Å². The first-order valence-electron chi connectivity index (χ1n) is 6.86. The highest BCUT2D eigenvalue weighted by Gasteiger charge is 2.40. The van der Waals surface area contributed by atoms with E-state index >= 15 is 0 Å². The van der Waals surface area contributed by atoms with Crippen molar-refractivity contribution in [2.24, 2.45) is 0 Å². The van der Waals surface area contributed by atoms with Gasteiger partial charge in [0.15, 0.2) is 0 Å². The first kappa shape index (κ1) is 15.7. The second kappa shape index (κ2) is 6.83. The van der Waals surface area contributed by atoms with E-state index < -0.39 is 0 Å². The fourth-order valence-electron chi connectivity index (χ4n) is 2.31. The van der Waals surface area contributed by atoms with Gasteiger partial charge in [-0.05, 0) is 47.8 Å². The van der Waals surface area contributed by atoms with E-state index in [9.17, 15) is 9.59 Å². The Morgan fingerprint density at radius 2 is 2.25 bits per heavy atom. The third-order valence-electron chi connectivity index (χ3n) is 3.61. The number of thiophene rings is 1.